The number of phenolic OH excluding ortho intramolecular Hbond substituents is 1. The molecule has 2 aromatic rings. The minimum Gasteiger partial charge on any atom is -0.508 e. The molecule has 0 unspecified atom stereocenters. The number of anilines is 2. The SMILES string of the molecule is CCN(c1cccc(O)c1)S(=O)(=O)c1ccc(C)c(N)c1. The van der Waals surface area contributed by atoms with Crippen LogP contribution in [0.15, 0.2) is 47.4 Å². The lowest BCUT2D eigenvalue weighted by molar-refractivity contribution is 0.475. The third-order valence-electron chi connectivity index (χ3n) is 3.24. The number of phenols is 1. The van der Waals surface area contributed by atoms with Gasteiger partial charge in [-0.1, -0.05) is 12.1 Å². The molecule has 0 saturated heterocycles. The van der Waals surface area contributed by atoms with Crippen LogP contribution in [0.1, 0.15) is 12.5 Å². The van der Waals surface area contributed by atoms with Gasteiger partial charge < -0.3 is 10.8 Å². The standard InChI is InChI=1S/C15H18N2O3S/c1-3-17(12-5-4-6-13(18)9-12)21(19,20)14-8-7-11(2)15(16)10-14/h4-10,18H,3,16H2,1-2H3. The van der Waals surface area contributed by atoms with Crippen LogP contribution in [0.5, 0.6) is 5.75 Å². The summed E-state index contributed by atoms with van der Waals surface area (Å²) < 4.78 is 26.7. The third kappa shape index (κ3) is 2.95. The highest BCUT2D eigenvalue weighted by atomic mass is 32.2. The van der Waals surface area contributed by atoms with E-state index in [9.17, 15) is 13.5 Å². The van der Waals surface area contributed by atoms with Crippen LogP contribution in [-0.2, 0) is 10.0 Å². The van der Waals surface area contributed by atoms with Crippen LogP contribution >= 0.6 is 0 Å². The van der Waals surface area contributed by atoms with E-state index in [0.29, 0.717) is 11.4 Å². The van der Waals surface area contributed by atoms with Crippen LogP contribution in [0.3, 0.4) is 0 Å². The zero-order chi connectivity index (χ0) is 15.6. The van der Waals surface area contributed by atoms with Crippen molar-refractivity contribution in [2.75, 3.05) is 16.6 Å². The summed E-state index contributed by atoms with van der Waals surface area (Å²) in [4.78, 5) is 0.135. The molecule has 0 aliphatic rings. The van der Waals surface area contributed by atoms with Gasteiger partial charge >= 0.3 is 0 Å². The summed E-state index contributed by atoms with van der Waals surface area (Å²) in [5.41, 5.74) is 7.47. The summed E-state index contributed by atoms with van der Waals surface area (Å²) in [6, 6.07) is 10.8. The van der Waals surface area contributed by atoms with E-state index in [0.717, 1.165) is 5.56 Å². The van der Waals surface area contributed by atoms with E-state index < -0.39 is 10.0 Å². The van der Waals surface area contributed by atoms with Crippen molar-refractivity contribution in [1.82, 2.24) is 0 Å². The summed E-state index contributed by atoms with van der Waals surface area (Å²) in [6.45, 7) is 3.80. The van der Waals surface area contributed by atoms with Crippen molar-refractivity contribution in [3.63, 3.8) is 0 Å². The highest BCUT2D eigenvalue weighted by molar-refractivity contribution is 7.92. The minimum absolute atomic E-state index is 0.0181. The number of sulfonamides is 1. The van der Waals surface area contributed by atoms with Crippen molar-refractivity contribution in [3.05, 3.63) is 48.0 Å². The number of nitrogens with two attached hydrogens (primary N) is 1. The largest absolute Gasteiger partial charge is 0.508 e. The van der Waals surface area contributed by atoms with Gasteiger partial charge in [0, 0.05) is 18.3 Å². The average Bonchev–Trinajstić information content (AvgIpc) is 2.42. The molecule has 21 heavy (non-hydrogen) atoms. The molecule has 0 fully saturated rings. The van der Waals surface area contributed by atoms with Gasteiger partial charge in [-0.05, 0) is 43.7 Å². The predicted octanol–water partition coefficient (Wildman–Crippen LogP) is 2.50. The highest BCUT2D eigenvalue weighted by Gasteiger charge is 2.24. The molecule has 0 saturated carbocycles. The highest BCUT2D eigenvalue weighted by Crippen LogP contribution is 2.27. The summed E-state index contributed by atoms with van der Waals surface area (Å²) in [7, 11) is -3.72. The average molecular weight is 306 g/mol. The van der Waals surface area contributed by atoms with E-state index in [2.05, 4.69) is 0 Å². The lowest BCUT2D eigenvalue weighted by Crippen LogP contribution is -2.30. The molecule has 0 atom stereocenters. The zero-order valence-electron chi connectivity index (χ0n) is 11.9. The van der Waals surface area contributed by atoms with Crippen molar-refractivity contribution in [2.45, 2.75) is 18.7 Å². The summed E-state index contributed by atoms with van der Waals surface area (Å²) in [5.74, 6) is 0.0181. The van der Waals surface area contributed by atoms with E-state index in [1.807, 2.05) is 6.92 Å². The van der Waals surface area contributed by atoms with Crippen molar-refractivity contribution in [1.29, 1.82) is 0 Å². The van der Waals surface area contributed by atoms with Gasteiger partial charge in [0.1, 0.15) is 5.75 Å². The fourth-order valence-corrected chi connectivity index (χ4v) is 3.55. The molecule has 0 heterocycles. The molecule has 0 radical (unpaired) electrons. The molecule has 0 aromatic heterocycles. The van der Waals surface area contributed by atoms with Crippen molar-refractivity contribution >= 4 is 21.4 Å². The number of rotatable bonds is 4. The molecular formula is C15H18N2O3S. The Morgan fingerprint density at radius 3 is 2.48 bits per heavy atom. The second kappa shape index (κ2) is 5.65. The monoisotopic (exact) mass is 306 g/mol. The van der Waals surface area contributed by atoms with E-state index >= 15 is 0 Å². The van der Waals surface area contributed by atoms with E-state index in [-0.39, 0.29) is 17.2 Å². The molecule has 0 spiro atoms. The normalized spacial score (nSPS) is 11.3. The predicted molar refractivity (Wildman–Crippen MR) is 83.9 cm³/mol. The molecule has 2 rings (SSSR count). The van der Waals surface area contributed by atoms with Crippen molar-refractivity contribution in [3.8, 4) is 5.75 Å². The van der Waals surface area contributed by atoms with Crippen LogP contribution in [0.2, 0.25) is 0 Å². The Kier molecular flexibility index (Phi) is 4.09. The zero-order valence-corrected chi connectivity index (χ0v) is 12.8. The summed E-state index contributed by atoms with van der Waals surface area (Å²) in [6.07, 6.45) is 0. The second-order valence-electron chi connectivity index (χ2n) is 4.71. The fourth-order valence-electron chi connectivity index (χ4n) is 2.05. The smallest absolute Gasteiger partial charge is 0.264 e. The maximum absolute atomic E-state index is 12.7. The quantitative estimate of drug-likeness (QED) is 0.850. The fraction of sp³-hybridized carbons (Fsp3) is 0.200. The van der Waals surface area contributed by atoms with Gasteiger partial charge in [-0.25, -0.2) is 8.42 Å². The first kappa shape index (κ1) is 15.2. The topological polar surface area (TPSA) is 83.6 Å². The van der Waals surface area contributed by atoms with Gasteiger partial charge in [-0.15, -0.1) is 0 Å². The first-order chi connectivity index (χ1) is 9.86. The molecule has 112 valence electrons. The maximum atomic E-state index is 12.7. The van der Waals surface area contributed by atoms with E-state index in [1.54, 1.807) is 25.1 Å². The van der Waals surface area contributed by atoms with E-state index in [4.69, 9.17) is 5.73 Å². The van der Waals surface area contributed by atoms with Crippen LogP contribution < -0.4 is 10.0 Å². The van der Waals surface area contributed by atoms with Gasteiger partial charge in [0.2, 0.25) is 0 Å². The number of hydrogen-bond donors (Lipinski definition) is 2. The molecule has 0 amide bonds. The first-order valence-corrected chi connectivity index (χ1v) is 7.98. The molecule has 5 nitrogen and oxygen atoms in total. The van der Waals surface area contributed by atoms with E-state index in [1.165, 1.54) is 28.6 Å². The first-order valence-electron chi connectivity index (χ1n) is 6.54. The molecular weight excluding hydrogens is 288 g/mol. The van der Waals surface area contributed by atoms with Crippen LogP contribution in [0.4, 0.5) is 11.4 Å². The number of benzene rings is 2. The Morgan fingerprint density at radius 1 is 1.19 bits per heavy atom. The van der Waals surface area contributed by atoms with Crippen LogP contribution in [0.25, 0.3) is 0 Å². The minimum atomic E-state index is -3.72. The Balaban J connectivity index is 2.51. The lowest BCUT2D eigenvalue weighted by Gasteiger charge is -2.23. The Labute approximate surface area is 124 Å². The number of aryl methyl sites for hydroxylation is 1. The van der Waals surface area contributed by atoms with Crippen LogP contribution in [-0.4, -0.2) is 20.1 Å². The van der Waals surface area contributed by atoms with Gasteiger partial charge in [0.15, 0.2) is 0 Å². The van der Waals surface area contributed by atoms with Gasteiger partial charge in [0.25, 0.3) is 10.0 Å². The summed E-state index contributed by atoms with van der Waals surface area (Å²) >= 11 is 0. The summed E-state index contributed by atoms with van der Waals surface area (Å²) in [5, 5.41) is 9.53. The maximum Gasteiger partial charge on any atom is 0.264 e. The van der Waals surface area contributed by atoms with Gasteiger partial charge in [-0.2, -0.15) is 0 Å². The van der Waals surface area contributed by atoms with Crippen molar-refractivity contribution < 1.29 is 13.5 Å². The third-order valence-corrected chi connectivity index (χ3v) is 5.14. The molecule has 0 bridgehead atoms. The molecule has 0 aliphatic heterocycles. The lowest BCUT2D eigenvalue weighted by atomic mass is 10.2. The number of hydrogen-bond acceptors (Lipinski definition) is 4. The molecule has 0 aliphatic carbocycles. The second-order valence-corrected chi connectivity index (χ2v) is 6.57. The van der Waals surface area contributed by atoms with Gasteiger partial charge in [0.05, 0.1) is 10.6 Å². The van der Waals surface area contributed by atoms with Gasteiger partial charge in [-0.3, -0.25) is 4.31 Å². The molecule has 2 aromatic carbocycles. The van der Waals surface area contributed by atoms with Crippen molar-refractivity contribution in [2.24, 2.45) is 0 Å². The Bertz CT molecular complexity index is 757. The Hall–Kier alpha value is -2.21. The number of nitrogens with zero attached hydrogens (tertiary/aromatic N) is 1. The molecule has 6 heteroatoms. The number of nitrogen functional groups attached to an aromatic ring is 1. The molecule has 3 N–H and O–H groups in total. The number of aromatic hydroxyl groups is 1. The Morgan fingerprint density at radius 2 is 1.90 bits per heavy atom. The van der Waals surface area contributed by atoms with Crippen LogP contribution in [0, 0.1) is 6.92 Å².